The van der Waals surface area contributed by atoms with Crippen LogP contribution in [0.4, 0.5) is 35.1 Å². The van der Waals surface area contributed by atoms with Gasteiger partial charge in [0.05, 0.1) is 0 Å². The van der Waals surface area contributed by atoms with Gasteiger partial charge in [-0.15, -0.1) is 0 Å². The van der Waals surface area contributed by atoms with E-state index in [9.17, 15) is 35.1 Å². The normalized spacial score (nSPS) is 13.1. The predicted octanol–water partition coefficient (Wildman–Crippen LogP) is 4.65. The Hall–Kier alpha value is -0.560. The van der Waals surface area contributed by atoms with Crippen molar-refractivity contribution in [3.05, 3.63) is 0 Å². The summed E-state index contributed by atoms with van der Waals surface area (Å²) in [5.74, 6) is -3.72. The quantitative estimate of drug-likeness (QED) is 0.602. The first kappa shape index (κ1) is 17.8. The Kier molecular flexibility index (Phi) is 6.95. The van der Waals surface area contributed by atoms with Gasteiger partial charge in [0.15, 0.2) is 0 Å². The molecule has 0 aliphatic heterocycles. The van der Waals surface area contributed by atoms with Gasteiger partial charge in [0, 0.05) is 5.92 Å². The fourth-order valence-electron chi connectivity index (χ4n) is 0.186. The van der Waals surface area contributed by atoms with Crippen molar-refractivity contribution in [1.82, 2.24) is 0 Å². The lowest BCUT2D eigenvalue weighted by molar-refractivity contribution is -0.278. The second kappa shape index (κ2) is 6.24. The lowest BCUT2D eigenvalue weighted by Crippen LogP contribution is -2.33. The van der Waals surface area contributed by atoms with E-state index in [4.69, 9.17) is 0 Å². The summed E-state index contributed by atoms with van der Waals surface area (Å²) in [6.45, 7) is 3.06. The molecule has 0 nitrogen and oxygen atoms in total. The molecule has 0 saturated carbocycles. The molecular formula is C8H12F8. The molecule has 16 heavy (non-hydrogen) atoms. The van der Waals surface area contributed by atoms with E-state index >= 15 is 0 Å². The number of rotatable bonds is 1. The van der Waals surface area contributed by atoms with Crippen LogP contribution in [0.25, 0.3) is 0 Å². The zero-order valence-corrected chi connectivity index (χ0v) is 8.76. The van der Waals surface area contributed by atoms with Crippen LogP contribution < -0.4 is 0 Å². The topological polar surface area (TPSA) is 0 Å². The van der Waals surface area contributed by atoms with Gasteiger partial charge in [-0.1, -0.05) is 13.8 Å². The largest absolute Gasteiger partial charge is 0.400 e. The van der Waals surface area contributed by atoms with E-state index < -0.39 is 30.6 Å². The van der Waals surface area contributed by atoms with Crippen LogP contribution in [0.2, 0.25) is 0 Å². The third-order valence-corrected chi connectivity index (χ3v) is 1.49. The molecule has 0 aromatic heterocycles. The zero-order valence-electron chi connectivity index (χ0n) is 8.76. The molecule has 8 heteroatoms. The Bertz CT molecular complexity index is 157. The highest BCUT2D eigenvalue weighted by Crippen LogP contribution is 2.38. The third-order valence-electron chi connectivity index (χ3n) is 1.49. The maximum absolute atomic E-state index is 11.2. The number of halogens is 8. The predicted molar refractivity (Wildman–Crippen MR) is 42.1 cm³/mol. The zero-order chi connectivity index (χ0) is 13.7. The van der Waals surface area contributed by atoms with Gasteiger partial charge >= 0.3 is 12.4 Å². The van der Waals surface area contributed by atoms with Crippen molar-refractivity contribution < 1.29 is 35.1 Å². The minimum absolute atomic E-state index is 0.0833. The molecule has 0 heterocycles. The molecule has 0 aromatic rings. The van der Waals surface area contributed by atoms with E-state index in [1.165, 1.54) is 13.8 Å². The second-order valence-electron chi connectivity index (χ2n) is 3.38. The van der Waals surface area contributed by atoms with Gasteiger partial charge in [-0.05, 0) is 6.92 Å². The highest BCUT2D eigenvalue weighted by Gasteiger charge is 2.53. The van der Waals surface area contributed by atoms with Crippen molar-refractivity contribution in [2.75, 3.05) is 0 Å². The van der Waals surface area contributed by atoms with Gasteiger partial charge in [0.25, 0.3) is 0 Å². The summed E-state index contributed by atoms with van der Waals surface area (Å²) >= 11 is 0. The molecule has 0 fully saturated rings. The molecule has 0 N–H and O–H groups in total. The van der Waals surface area contributed by atoms with Crippen LogP contribution in [-0.4, -0.2) is 18.8 Å². The van der Waals surface area contributed by atoms with Crippen LogP contribution in [0.1, 0.15) is 20.8 Å². The summed E-state index contributed by atoms with van der Waals surface area (Å²) in [5.41, 5.74) is 0. The molecule has 0 unspecified atom stereocenters. The van der Waals surface area contributed by atoms with E-state index in [1.54, 1.807) is 0 Å². The molecule has 0 rings (SSSR count). The van der Waals surface area contributed by atoms with Crippen molar-refractivity contribution in [2.24, 2.45) is 11.8 Å². The number of hydrogen-bond acceptors (Lipinski definition) is 0. The molecule has 0 aliphatic rings. The average molecular weight is 260 g/mol. The third kappa shape index (κ3) is 8.72. The van der Waals surface area contributed by atoms with Crippen LogP contribution in [0, 0.1) is 11.8 Å². The lowest BCUT2D eigenvalue weighted by atomic mass is 10.2. The van der Waals surface area contributed by atoms with Gasteiger partial charge in [-0.25, -0.2) is 8.78 Å². The summed E-state index contributed by atoms with van der Waals surface area (Å²) < 4.78 is 89.7. The van der Waals surface area contributed by atoms with Crippen molar-refractivity contribution in [1.29, 1.82) is 0 Å². The van der Waals surface area contributed by atoms with E-state index in [-0.39, 0.29) is 6.92 Å². The SMILES string of the molecule is CC(C(F)(F)F)C(F)(F)F.CC(C)C(F)F. The van der Waals surface area contributed by atoms with E-state index in [0.29, 0.717) is 0 Å². The summed E-state index contributed by atoms with van der Waals surface area (Å²) in [6, 6.07) is 0. The minimum Gasteiger partial charge on any atom is -0.210 e. The van der Waals surface area contributed by atoms with Gasteiger partial charge in [-0.2, -0.15) is 26.3 Å². The Morgan fingerprint density at radius 2 is 0.875 bits per heavy atom. The Morgan fingerprint density at radius 3 is 0.875 bits per heavy atom. The molecule has 0 aliphatic carbocycles. The highest BCUT2D eigenvalue weighted by atomic mass is 19.4. The van der Waals surface area contributed by atoms with Crippen molar-refractivity contribution in [3.8, 4) is 0 Å². The van der Waals surface area contributed by atoms with Crippen molar-refractivity contribution >= 4 is 0 Å². The van der Waals surface area contributed by atoms with Crippen molar-refractivity contribution in [3.63, 3.8) is 0 Å². The molecule has 100 valence electrons. The molecule has 0 saturated heterocycles. The molecule has 0 spiro atoms. The minimum atomic E-state index is -5.18. The monoisotopic (exact) mass is 260 g/mol. The average Bonchev–Trinajstić information content (AvgIpc) is 2.00. The second-order valence-corrected chi connectivity index (χ2v) is 3.38. The van der Waals surface area contributed by atoms with Gasteiger partial charge in [0.2, 0.25) is 6.43 Å². The molecule has 0 amide bonds. The fourth-order valence-corrected chi connectivity index (χ4v) is 0.186. The maximum atomic E-state index is 11.2. The van der Waals surface area contributed by atoms with Crippen LogP contribution in [0.15, 0.2) is 0 Å². The van der Waals surface area contributed by atoms with Crippen LogP contribution >= 0.6 is 0 Å². The fraction of sp³-hybridized carbons (Fsp3) is 1.00. The summed E-state index contributed by atoms with van der Waals surface area (Å²) in [5, 5.41) is 0. The van der Waals surface area contributed by atoms with E-state index in [2.05, 4.69) is 0 Å². The standard InChI is InChI=1S/C4H4F6.C4H8F2/c1-2(3(5,6)7)4(8,9)10;1-3(2)4(5)6/h2H,1H3;3-4H,1-2H3. The summed E-state index contributed by atoms with van der Waals surface area (Å²) in [4.78, 5) is 0. The number of alkyl halides is 8. The molecular weight excluding hydrogens is 248 g/mol. The van der Waals surface area contributed by atoms with Crippen LogP contribution in [0.3, 0.4) is 0 Å². The lowest BCUT2D eigenvalue weighted by Gasteiger charge is -2.17. The summed E-state index contributed by atoms with van der Waals surface area (Å²) in [7, 11) is 0. The molecule has 0 bridgehead atoms. The van der Waals surface area contributed by atoms with Gasteiger partial charge in [-0.3, -0.25) is 0 Å². The van der Waals surface area contributed by atoms with E-state index in [1.807, 2.05) is 0 Å². The van der Waals surface area contributed by atoms with Crippen molar-refractivity contribution in [2.45, 2.75) is 39.5 Å². The smallest absolute Gasteiger partial charge is 0.210 e. The van der Waals surface area contributed by atoms with Gasteiger partial charge in [0.1, 0.15) is 5.92 Å². The number of hydrogen-bond donors (Lipinski definition) is 0. The highest BCUT2D eigenvalue weighted by molar-refractivity contribution is 4.69. The first-order chi connectivity index (χ1) is 6.80. The Morgan fingerprint density at radius 1 is 0.688 bits per heavy atom. The van der Waals surface area contributed by atoms with Crippen LogP contribution in [0.5, 0.6) is 0 Å². The first-order valence-corrected chi connectivity index (χ1v) is 4.21. The Balaban J connectivity index is 0. The molecule has 0 radical (unpaired) electrons. The molecule has 0 aromatic carbocycles. The summed E-state index contributed by atoms with van der Waals surface area (Å²) in [6.07, 6.45) is -12.5. The van der Waals surface area contributed by atoms with Gasteiger partial charge < -0.3 is 0 Å². The molecule has 0 atom stereocenters. The first-order valence-electron chi connectivity index (χ1n) is 4.21. The van der Waals surface area contributed by atoms with E-state index in [0.717, 1.165) is 0 Å². The van der Waals surface area contributed by atoms with Crippen LogP contribution in [-0.2, 0) is 0 Å². The Labute approximate surface area is 87.6 Å². The maximum Gasteiger partial charge on any atom is 0.400 e.